The fourth-order valence-corrected chi connectivity index (χ4v) is 1.09. The van der Waals surface area contributed by atoms with Gasteiger partial charge in [-0.05, 0) is 20.8 Å². The molecule has 0 aliphatic heterocycles. The lowest BCUT2D eigenvalue weighted by molar-refractivity contribution is -0.147. The number of carbonyl (C=O) groups is 3. The number of carbonyl (C=O) groups excluding carboxylic acids is 3. The first-order valence-electron chi connectivity index (χ1n) is 4.62. The third-order valence-corrected chi connectivity index (χ3v) is 1.99. The Morgan fingerprint density at radius 3 is 2.25 bits per heavy atom. The second-order valence-corrected chi connectivity index (χ2v) is 4.88. The van der Waals surface area contributed by atoms with Crippen LogP contribution in [0.5, 0.6) is 0 Å². The summed E-state index contributed by atoms with van der Waals surface area (Å²) < 4.78 is 4.92. The number of hydrogen-bond acceptors (Lipinski definition) is 5. The van der Waals surface area contributed by atoms with E-state index < -0.39 is 22.5 Å². The van der Waals surface area contributed by atoms with Crippen LogP contribution in [0.1, 0.15) is 27.7 Å². The lowest BCUT2D eigenvalue weighted by atomic mass is 10.2. The summed E-state index contributed by atoms with van der Waals surface area (Å²) in [5.41, 5.74) is -0.575. The minimum Gasteiger partial charge on any atom is -0.450 e. The first-order chi connectivity index (χ1) is 7.22. The molecule has 5 heteroatoms. The summed E-state index contributed by atoms with van der Waals surface area (Å²) in [7, 11) is 0. The fraction of sp³-hybridized carbons (Fsp3) is 0.545. The molecule has 0 saturated carbocycles. The first-order valence-corrected chi connectivity index (χ1v) is 5.60. The highest BCUT2D eigenvalue weighted by atomic mass is 32.2. The number of hydrogen-bond donors (Lipinski definition) is 0. The van der Waals surface area contributed by atoms with Crippen LogP contribution in [0.4, 0.5) is 0 Å². The predicted octanol–water partition coefficient (Wildman–Crippen LogP) is 1.18. The van der Waals surface area contributed by atoms with Gasteiger partial charge in [-0.15, -0.1) is 0 Å². The maximum atomic E-state index is 11.1. The second-order valence-electron chi connectivity index (χ2n) is 3.94. The molecule has 0 bridgehead atoms. The third-order valence-electron chi connectivity index (χ3n) is 1.15. The normalized spacial score (nSPS) is 10.0. The molecule has 0 saturated heterocycles. The molecule has 0 aliphatic carbocycles. The Hall–Kier alpha value is -1.28. The zero-order chi connectivity index (χ0) is 12.8. The van der Waals surface area contributed by atoms with Gasteiger partial charge in [0.05, 0.1) is 5.75 Å². The molecule has 4 nitrogen and oxygen atoms in total. The van der Waals surface area contributed by atoms with Crippen molar-refractivity contribution in [2.45, 2.75) is 33.3 Å². The van der Waals surface area contributed by atoms with E-state index in [1.165, 1.54) is 6.92 Å². The predicted molar refractivity (Wildman–Crippen MR) is 61.8 cm³/mol. The van der Waals surface area contributed by atoms with Gasteiger partial charge in [0.15, 0.2) is 0 Å². The van der Waals surface area contributed by atoms with Crippen LogP contribution in [-0.2, 0) is 19.1 Å². The van der Waals surface area contributed by atoms with Gasteiger partial charge in [-0.25, -0.2) is 4.79 Å². The average Bonchev–Trinajstić information content (AvgIpc) is 2.08. The maximum Gasteiger partial charge on any atom is 0.384 e. The van der Waals surface area contributed by atoms with Gasteiger partial charge >= 0.3 is 5.97 Å². The molecular formula is C11H14O4S. The van der Waals surface area contributed by atoms with Crippen LogP contribution >= 0.6 is 11.8 Å². The Morgan fingerprint density at radius 2 is 1.81 bits per heavy atom. The zero-order valence-electron chi connectivity index (χ0n) is 9.75. The van der Waals surface area contributed by atoms with Crippen LogP contribution in [0, 0.1) is 11.8 Å². The highest BCUT2D eigenvalue weighted by Crippen LogP contribution is 2.06. The van der Waals surface area contributed by atoms with Crippen molar-refractivity contribution in [1.29, 1.82) is 0 Å². The number of ether oxygens (including phenoxy) is 1. The van der Waals surface area contributed by atoms with Crippen LogP contribution < -0.4 is 0 Å². The van der Waals surface area contributed by atoms with E-state index in [9.17, 15) is 14.4 Å². The highest BCUT2D eigenvalue weighted by molar-refractivity contribution is 8.15. The SMILES string of the molecule is CC(=O)C(=O)SCC#CC(=O)OC(C)(C)C. The van der Waals surface area contributed by atoms with Crippen molar-refractivity contribution in [3.63, 3.8) is 0 Å². The Labute approximate surface area is 99.1 Å². The monoisotopic (exact) mass is 242 g/mol. The lowest BCUT2D eigenvalue weighted by Gasteiger charge is -2.16. The van der Waals surface area contributed by atoms with Gasteiger partial charge in [0.25, 0.3) is 5.12 Å². The zero-order valence-corrected chi connectivity index (χ0v) is 10.6. The van der Waals surface area contributed by atoms with Crippen molar-refractivity contribution in [2.75, 3.05) is 5.75 Å². The molecule has 88 valence electrons. The summed E-state index contributed by atoms with van der Waals surface area (Å²) in [6, 6.07) is 0. The van der Waals surface area contributed by atoms with E-state index in [-0.39, 0.29) is 5.75 Å². The summed E-state index contributed by atoms with van der Waals surface area (Å²) in [5, 5.41) is -0.557. The number of rotatable bonds is 2. The largest absolute Gasteiger partial charge is 0.450 e. The van der Waals surface area contributed by atoms with Crippen molar-refractivity contribution >= 4 is 28.6 Å². The Bertz CT molecular complexity index is 354. The summed E-state index contributed by atoms with van der Waals surface area (Å²) >= 11 is 0.775. The van der Waals surface area contributed by atoms with Crippen molar-refractivity contribution < 1.29 is 19.1 Å². The Balaban J connectivity index is 3.99. The Morgan fingerprint density at radius 1 is 1.25 bits per heavy atom. The van der Waals surface area contributed by atoms with E-state index in [0.29, 0.717) is 0 Å². The van der Waals surface area contributed by atoms with E-state index >= 15 is 0 Å². The molecule has 16 heavy (non-hydrogen) atoms. The van der Waals surface area contributed by atoms with Crippen molar-refractivity contribution in [2.24, 2.45) is 0 Å². The van der Waals surface area contributed by atoms with E-state index in [2.05, 4.69) is 11.8 Å². The van der Waals surface area contributed by atoms with Crippen LogP contribution in [-0.4, -0.2) is 28.2 Å². The lowest BCUT2D eigenvalue weighted by Crippen LogP contribution is -2.22. The van der Waals surface area contributed by atoms with Gasteiger partial charge in [-0.3, -0.25) is 9.59 Å². The molecule has 0 atom stereocenters. The topological polar surface area (TPSA) is 60.4 Å². The molecule has 0 aromatic carbocycles. The van der Waals surface area contributed by atoms with Gasteiger partial charge in [0.1, 0.15) is 5.60 Å². The van der Waals surface area contributed by atoms with Crippen LogP contribution in [0.15, 0.2) is 0 Å². The van der Waals surface area contributed by atoms with Crippen LogP contribution in [0.3, 0.4) is 0 Å². The van der Waals surface area contributed by atoms with Gasteiger partial charge in [-0.2, -0.15) is 0 Å². The standard InChI is InChI=1S/C11H14O4S/c1-8(12)10(14)16-7-5-6-9(13)15-11(2,3)4/h7H2,1-4H3. The van der Waals surface area contributed by atoms with Crippen molar-refractivity contribution in [3.8, 4) is 11.8 Å². The number of esters is 1. The summed E-state index contributed by atoms with van der Waals surface area (Å²) in [4.78, 5) is 32.5. The molecule has 0 fully saturated rings. The molecule has 0 unspecified atom stereocenters. The van der Waals surface area contributed by atoms with E-state index in [4.69, 9.17) is 4.74 Å². The molecule has 0 spiro atoms. The van der Waals surface area contributed by atoms with Crippen LogP contribution in [0.25, 0.3) is 0 Å². The summed E-state index contributed by atoms with van der Waals surface area (Å²) in [5.74, 6) is 3.65. The van der Waals surface area contributed by atoms with Gasteiger partial charge in [0.2, 0.25) is 5.78 Å². The average molecular weight is 242 g/mol. The Kier molecular flexibility index (Phi) is 5.83. The minimum atomic E-state index is -0.636. The van der Waals surface area contributed by atoms with E-state index in [1.54, 1.807) is 20.8 Å². The quantitative estimate of drug-likeness (QED) is 0.315. The fourth-order valence-electron chi connectivity index (χ4n) is 0.615. The van der Waals surface area contributed by atoms with Gasteiger partial charge in [0, 0.05) is 12.8 Å². The van der Waals surface area contributed by atoms with Crippen molar-refractivity contribution in [3.05, 3.63) is 0 Å². The van der Waals surface area contributed by atoms with Gasteiger partial charge in [-0.1, -0.05) is 17.7 Å². The first kappa shape index (κ1) is 14.7. The minimum absolute atomic E-state index is 0.109. The maximum absolute atomic E-state index is 11.1. The number of ketones is 1. The molecular weight excluding hydrogens is 228 g/mol. The number of thioether (sulfide) groups is 1. The molecule has 0 amide bonds. The van der Waals surface area contributed by atoms with E-state index in [1.807, 2.05) is 0 Å². The van der Waals surface area contributed by atoms with E-state index in [0.717, 1.165) is 11.8 Å². The molecule has 0 aliphatic rings. The number of Topliss-reactive ketones (excluding diaryl/α,β-unsaturated/α-hetero) is 1. The van der Waals surface area contributed by atoms with Gasteiger partial charge < -0.3 is 4.74 Å². The second kappa shape index (κ2) is 6.33. The van der Waals surface area contributed by atoms with Crippen LogP contribution in [0.2, 0.25) is 0 Å². The third kappa shape index (κ3) is 8.06. The highest BCUT2D eigenvalue weighted by Gasteiger charge is 2.14. The molecule has 0 rings (SSSR count). The molecule has 0 heterocycles. The summed E-state index contributed by atoms with van der Waals surface area (Å²) in [6.45, 7) is 6.40. The van der Waals surface area contributed by atoms with Crippen molar-refractivity contribution in [1.82, 2.24) is 0 Å². The molecule has 0 aromatic heterocycles. The smallest absolute Gasteiger partial charge is 0.384 e. The molecule has 0 radical (unpaired) electrons. The molecule has 0 N–H and O–H groups in total. The molecule has 0 aromatic rings. The summed E-state index contributed by atoms with van der Waals surface area (Å²) in [6.07, 6.45) is 0.